The number of carbonyl (C=O) groups excluding carboxylic acids is 1. The number of rotatable bonds is 2. The van der Waals surface area contributed by atoms with Crippen LogP contribution in [0.1, 0.15) is 13.8 Å². The Kier molecular flexibility index (Phi) is 3.99. The fourth-order valence-electron chi connectivity index (χ4n) is 0.555. The molecule has 0 aliphatic heterocycles. The molecule has 0 spiro atoms. The average molecular weight is 134 g/mol. The van der Waals surface area contributed by atoms with E-state index in [0.717, 1.165) is 0 Å². The molecule has 1 nitrogen and oxygen atoms in total. The normalized spacial score (nSPS) is 11.5. The van der Waals surface area contributed by atoms with Gasteiger partial charge in [-0.2, -0.15) is 0 Å². The highest BCUT2D eigenvalue weighted by Crippen LogP contribution is 1.96. The molecule has 0 bridgehead atoms. The van der Waals surface area contributed by atoms with Crippen LogP contribution in [0.25, 0.3) is 0 Å². The van der Waals surface area contributed by atoms with E-state index in [4.69, 9.17) is 6.42 Å². The number of hydrogen-bond donors (Lipinski definition) is 0. The lowest BCUT2D eigenvalue weighted by atomic mass is 10.1. The summed E-state index contributed by atoms with van der Waals surface area (Å²) in [5.74, 6) is 2.35. The first kappa shape index (κ1) is 8.71. The third-order valence-electron chi connectivity index (χ3n) is 1.08. The SMILES string of the molecule is C#C/C=C\C(=C/C)C(C)=O. The van der Waals surface area contributed by atoms with Crippen molar-refractivity contribution < 1.29 is 4.79 Å². The maximum atomic E-state index is 10.7. The highest BCUT2D eigenvalue weighted by atomic mass is 16.1. The third kappa shape index (κ3) is 2.88. The third-order valence-corrected chi connectivity index (χ3v) is 1.08. The summed E-state index contributed by atoms with van der Waals surface area (Å²) in [6.07, 6.45) is 9.83. The van der Waals surface area contributed by atoms with Crippen LogP contribution in [0.4, 0.5) is 0 Å². The Labute approximate surface area is 61.4 Å². The van der Waals surface area contributed by atoms with Gasteiger partial charge in [0.15, 0.2) is 5.78 Å². The maximum Gasteiger partial charge on any atom is 0.159 e. The van der Waals surface area contributed by atoms with Gasteiger partial charge in [0, 0.05) is 5.57 Å². The summed E-state index contributed by atoms with van der Waals surface area (Å²) in [4.78, 5) is 10.7. The molecule has 0 aliphatic carbocycles. The van der Waals surface area contributed by atoms with Gasteiger partial charge in [-0.1, -0.05) is 12.0 Å². The molecule has 0 aliphatic rings. The Bertz CT molecular complexity index is 213. The van der Waals surface area contributed by atoms with Gasteiger partial charge in [0.05, 0.1) is 0 Å². The Morgan fingerprint density at radius 3 is 2.50 bits per heavy atom. The van der Waals surface area contributed by atoms with E-state index >= 15 is 0 Å². The van der Waals surface area contributed by atoms with Crippen LogP contribution in [-0.2, 0) is 4.79 Å². The first-order valence-electron chi connectivity index (χ1n) is 3.02. The van der Waals surface area contributed by atoms with Crippen LogP contribution in [0, 0.1) is 12.3 Å². The molecule has 1 heteroatoms. The lowest BCUT2D eigenvalue weighted by molar-refractivity contribution is -0.113. The van der Waals surface area contributed by atoms with Crippen LogP contribution in [-0.4, -0.2) is 5.78 Å². The molecule has 0 fully saturated rings. The molecule has 0 unspecified atom stereocenters. The zero-order valence-corrected chi connectivity index (χ0v) is 6.22. The standard InChI is InChI=1S/C9H10O/c1-4-6-7-9(5-2)8(3)10/h1,5-7H,2-3H3/b7-6-,9-5+. The van der Waals surface area contributed by atoms with Crippen molar-refractivity contribution in [1.29, 1.82) is 0 Å². The number of carbonyl (C=O) groups is 1. The monoisotopic (exact) mass is 134 g/mol. The Hall–Kier alpha value is -1.29. The van der Waals surface area contributed by atoms with Crippen molar-refractivity contribution in [2.75, 3.05) is 0 Å². The fourth-order valence-corrected chi connectivity index (χ4v) is 0.555. The topological polar surface area (TPSA) is 17.1 Å². The van der Waals surface area contributed by atoms with Gasteiger partial charge in [0.2, 0.25) is 0 Å². The molecular weight excluding hydrogens is 124 g/mol. The quantitative estimate of drug-likeness (QED) is 0.319. The van der Waals surface area contributed by atoms with Gasteiger partial charge in [-0.25, -0.2) is 0 Å². The van der Waals surface area contributed by atoms with Crippen LogP contribution in [0.5, 0.6) is 0 Å². The van der Waals surface area contributed by atoms with Crippen LogP contribution in [0.15, 0.2) is 23.8 Å². The zero-order chi connectivity index (χ0) is 7.98. The molecule has 0 radical (unpaired) electrons. The van der Waals surface area contributed by atoms with E-state index in [0.29, 0.717) is 5.57 Å². The Morgan fingerprint density at radius 1 is 1.60 bits per heavy atom. The Morgan fingerprint density at radius 2 is 2.20 bits per heavy atom. The molecular formula is C9H10O. The van der Waals surface area contributed by atoms with E-state index in [1.54, 1.807) is 19.1 Å². The van der Waals surface area contributed by atoms with E-state index in [-0.39, 0.29) is 5.78 Å². The van der Waals surface area contributed by atoms with E-state index in [1.165, 1.54) is 13.0 Å². The van der Waals surface area contributed by atoms with Crippen molar-refractivity contribution in [2.24, 2.45) is 0 Å². The van der Waals surface area contributed by atoms with E-state index in [1.807, 2.05) is 0 Å². The molecule has 52 valence electrons. The number of ketones is 1. The molecule has 0 heterocycles. The van der Waals surface area contributed by atoms with Gasteiger partial charge >= 0.3 is 0 Å². The van der Waals surface area contributed by atoms with Crippen LogP contribution in [0.3, 0.4) is 0 Å². The summed E-state index contributed by atoms with van der Waals surface area (Å²) in [6.45, 7) is 3.31. The second-order valence-electron chi connectivity index (χ2n) is 1.80. The number of terminal acetylenes is 1. The van der Waals surface area contributed by atoms with Crippen molar-refractivity contribution in [3.63, 3.8) is 0 Å². The highest BCUT2D eigenvalue weighted by Gasteiger charge is 1.94. The lowest BCUT2D eigenvalue weighted by Crippen LogP contribution is -1.91. The van der Waals surface area contributed by atoms with E-state index in [9.17, 15) is 4.79 Å². The van der Waals surface area contributed by atoms with Crippen molar-refractivity contribution in [3.05, 3.63) is 23.8 Å². The molecule has 0 saturated carbocycles. The van der Waals surface area contributed by atoms with Crippen LogP contribution >= 0.6 is 0 Å². The zero-order valence-electron chi connectivity index (χ0n) is 6.22. The van der Waals surface area contributed by atoms with Gasteiger partial charge in [0.1, 0.15) is 0 Å². The van der Waals surface area contributed by atoms with E-state index in [2.05, 4.69) is 5.92 Å². The van der Waals surface area contributed by atoms with Crippen molar-refractivity contribution in [2.45, 2.75) is 13.8 Å². The summed E-state index contributed by atoms with van der Waals surface area (Å²) in [5.41, 5.74) is 0.651. The molecule has 0 saturated heterocycles. The van der Waals surface area contributed by atoms with Crippen molar-refractivity contribution in [3.8, 4) is 12.3 Å². The molecule has 0 amide bonds. The van der Waals surface area contributed by atoms with Gasteiger partial charge < -0.3 is 0 Å². The highest BCUT2D eigenvalue weighted by molar-refractivity contribution is 5.95. The molecule has 0 aromatic rings. The van der Waals surface area contributed by atoms with E-state index < -0.39 is 0 Å². The summed E-state index contributed by atoms with van der Waals surface area (Å²) in [6, 6.07) is 0. The summed E-state index contributed by atoms with van der Waals surface area (Å²) >= 11 is 0. The molecule has 0 N–H and O–H groups in total. The first-order chi connectivity index (χ1) is 4.72. The number of allylic oxidation sites excluding steroid dienone is 4. The summed E-state index contributed by atoms with van der Waals surface area (Å²) < 4.78 is 0. The summed E-state index contributed by atoms with van der Waals surface area (Å²) in [7, 11) is 0. The van der Waals surface area contributed by atoms with Gasteiger partial charge in [-0.15, -0.1) is 6.42 Å². The minimum absolute atomic E-state index is 0.0361. The van der Waals surface area contributed by atoms with Crippen molar-refractivity contribution >= 4 is 5.78 Å². The molecule has 10 heavy (non-hydrogen) atoms. The Balaban J connectivity index is 4.30. The number of hydrogen-bond acceptors (Lipinski definition) is 1. The smallest absolute Gasteiger partial charge is 0.159 e. The average Bonchev–Trinajstić information content (AvgIpc) is 1.89. The molecule has 0 atom stereocenters. The van der Waals surface area contributed by atoms with Crippen molar-refractivity contribution in [1.82, 2.24) is 0 Å². The second-order valence-corrected chi connectivity index (χ2v) is 1.80. The predicted octanol–water partition coefficient (Wildman–Crippen LogP) is 1.71. The fraction of sp³-hybridized carbons (Fsp3) is 0.222. The minimum Gasteiger partial charge on any atom is -0.295 e. The first-order valence-corrected chi connectivity index (χ1v) is 3.02. The largest absolute Gasteiger partial charge is 0.295 e. The maximum absolute atomic E-state index is 10.7. The molecule has 0 aromatic carbocycles. The van der Waals surface area contributed by atoms with Crippen LogP contribution < -0.4 is 0 Å². The second kappa shape index (κ2) is 4.58. The predicted molar refractivity (Wildman–Crippen MR) is 42.4 cm³/mol. The van der Waals surface area contributed by atoms with Gasteiger partial charge in [-0.3, -0.25) is 4.79 Å². The molecule has 0 rings (SSSR count). The number of Topliss-reactive ketones (excluding diaryl/α,β-unsaturated/α-hetero) is 1. The van der Waals surface area contributed by atoms with Gasteiger partial charge in [-0.05, 0) is 26.0 Å². The van der Waals surface area contributed by atoms with Gasteiger partial charge in [0.25, 0.3) is 0 Å². The molecule has 0 aromatic heterocycles. The lowest BCUT2D eigenvalue weighted by Gasteiger charge is -1.89. The summed E-state index contributed by atoms with van der Waals surface area (Å²) in [5, 5.41) is 0. The minimum atomic E-state index is 0.0361. The van der Waals surface area contributed by atoms with Crippen LogP contribution in [0.2, 0.25) is 0 Å².